The molecule has 0 bridgehead atoms. The van der Waals surface area contributed by atoms with Gasteiger partial charge in [-0.2, -0.15) is 0 Å². The number of rotatable bonds is 2. The molecule has 0 spiro atoms. The van der Waals surface area contributed by atoms with E-state index in [0.717, 1.165) is 5.56 Å². The van der Waals surface area contributed by atoms with Gasteiger partial charge >= 0.3 is 0 Å². The Balaban J connectivity index is 2.30. The Morgan fingerprint density at radius 1 is 1.29 bits per heavy atom. The predicted molar refractivity (Wildman–Crippen MR) is 69.2 cm³/mol. The Kier molecular flexibility index (Phi) is 3.59. The third-order valence-corrected chi connectivity index (χ3v) is 2.97. The van der Waals surface area contributed by atoms with Gasteiger partial charge in [-0.05, 0) is 52.7 Å². The molecule has 1 aromatic carbocycles. The molecule has 1 aromatic heterocycles. The van der Waals surface area contributed by atoms with Gasteiger partial charge in [0.05, 0.1) is 4.47 Å². The number of anilines is 2. The Morgan fingerprint density at radius 3 is 2.71 bits per heavy atom. The number of hydrogen-bond donors (Lipinski definition) is 1. The summed E-state index contributed by atoms with van der Waals surface area (Å²) in [5, 5.41) is 10.8. The van der Waals surface area contributed by atoms with Crippen LogP contribution in [0.3, 0.4) is 0 Å². The van der Waals surface area contributed by atoms with Gasteiger partial charge in [0.2, 0.25) is 0 Å². The monoisotopic (exact) mass is 315 g/mol. The zero-order valence-corrected chi connectivity index (χ0v) is 11.2. The van der Waals surface area contributed by atoms with Crippen LogP contribution in [0.2, 0.25) is 5.15 Å². The lowest BCUT2D eigenvalue weighted by Gasteiger charge is -2.09. The van der Waals surface area contributed by atoms with E-state index in [2.05, 4.69) is 31.4 Å². The highest BCUT2D eigenvalue weighted by atomic mass is 79.9. The van der Waals surface area contributed by atoms with Gasteiger partial charge in [0.15, 0.2) is 11.0 Å². The minimum atomic E-state index is -0.333. The molecule has 0 fully saturated rings. The molecule has 0 aliphatic rings. The molecule has 0 radical (unpaired) electrons. The highest BCUT2D eigenvalue weighted by Gasteiger charge is 2.06. The van der Waals surface area contributed by atoms with Crippen molar-refractivity contribution in [3.05, 3.63) is 45.3 Å². The number of aromatic nitrogens is 2. The molecule has 0 atom stereocenters. The fourth-order valence-corrected chi connectivity index (χ4v) is 1.86. The molecule has 0 amide bonds. The summed E-state index contributed by atoms with van der Waals surface area (Å²) >= 11 is 8.75. The van der Waals surface area contributed by atoms with Crippen molar-refractivity contribution in [2.45, 2.75) is 6.92 Å². The molecule has 0 aliphatic carbocycles. The largest absolute Gasteiger partial charge is 0.338 e. The molecule has 0 saturated heterocycles. The van der Waals surface area contributed by atoms with E-state index in [-0.39, 0.29) is 5.82 Å². The van der Waals surface area contributed by atoms with Gasteiger partial charge in [-0.15, -0.1) is 10.2 Å². The molecule has 0 saturated carbocycles. The fourth-order valence-electron chi connectivity index (χ4n) is 1.30. The first-order valence-corrected chi connectivity index (χ1v) is 5.95. The van der Waals surface area contributed by atoms with E-state index >= 15 is 0 Å². The summed E-state index contributed by atoms with van der Waals surface area (Å²) in [7, 11) is 0. The molecule has 88 valence electrons. The molecular weight excluding hydrogens is 308 g/mol. The van der Waals surface area contributed by atoms with E-state index in [1.165, 1.54) is 6.07 Å². The normalized spacial score (nSPS) is 10.4. The van der Waals surface area contributed by atoms with E-state index in [4.69, 9.17) is 11.6 Å². The van der Waals surface area contributed by atoms with Crippen molar-refractivity contribution in [1.29, 1.82) is 0 Å². The Bertz CT molecular complexity index is 545. The van der Waals surface area contributed by atoms with Gasteiger partial charge in [0.1, 0.15) is 5.82 Å². The van der Waals surface area contributed by atoms with Crippen molar-refractivity contribution >= 4 is 39.0 Å². The van der Waals surface area contributed by atoms with Crippen LogP contribution in [0.25, 0.3) is 0 Å². The number of hydrogen-bond acceptors (Lipinski definition) is 3. The predicted octanol–water partition coefficient (Wildman–Crippen LogP) is 4.08. The van der Waals surface area contributed by atoms with Crippen LogP contribution in [-0.4, -0.2) is 10.2 Å². The number of halogens is 3. The van der Waals surface area contributed by atoms with Crippen molar-refractivity contribution in [2.75, 3.05) is 5.32 Å². The van der Waals surface area contributed by atoms with E-state index in [9.17, 15) is 4.39 Å². The number of nitrogens with one attached hydrogen (secondary N) is 1. The summed E-state index contributed by atoms with van der Waals surface area (Å²) in [5.74, 6) is 0.180. The van der Waals surface area contributed by atoms with Crippen LogP contribution >= 0.6 is 27.5 Å². The molecule has 2 rings (SSSR count). The quantitative estimate of drug-likeness (QED) is 0.907. The maximum absolute atomic E-state index is 13.4. The second-order valence-corrected chi connectivity index (χ2v) is 4.69. The smallest absolute Gasteiger partial charge is 0.153 e. The van der Waals surface area contributed by atoms with Crippen LogP contribution in [0.1, 0.15) is 5.56 Å². The molecular formula is C11H8BrClFN3. The molecule has 1 heterocycles. The summed E-state index contributed by atoms with van der Waals surface area (Å²) in [5.41, 5.74) is 1.54. The van der Waals surface area contributed by atoms with Crippen molar-refractivity contribution in [1.82, 2.24) is 10.2 Å². The zero-order chi connectivity index (χ0) is 12.4. The van der Waals surface area contributed by atoms with Gasteiger partial charge < -0.3 is 5.32 Å². The lowest BCUT2D eigenvalue weighted by molar-refractivity contribution is 0.621. The average Bonchev–Trinajstić information content (AvgIpc) is 2.29. The number of nitrogens with zero attached hydrogens (tertiary/aromatic N) is 2. The number of aryl methyl sites for hydroxylation is 1. The third kappa shape index (κ3) is 2.92. The van der Waals surface area contributed by atoms with Gasteiger partial charge in [-0.25, -0.2) is 4.39 Å². The SMILES string of the molecule is Cc1cc(Br)c(F)cc1Nc1ccc(Cl)nn1. The van der Waals surface area contributed by atoms with Gasteiger partial charge in [0.25, 0.3) is 0 Å². The molecule has 3 nitrogen and oxygen atoms in total. The van der Waals surface area contributed by atoms with Crippen molar-refractivity contribution in [2.24, 2.45) is 0 Å². The first-order chi connectivity index (χ1) is 8.06. The standard InChI is InChI=1S/C11H8BrClFN3/c1-6-4-7(12)8(14)5-9(6)15-11-3-2-10(13)16-17-11/h2-5H,1H3,(H,15,17). The third-order valence-electron chi connectivity index (χ3n) is 2.16. The van der Waals surface area contributed by atoms with Crippen molar-refractivity contribution in [3.63, 3.8) is 0 Å². The Hall–Kier alpha value is -1.20. The highest BCUT2D eigenvalue weighted by Crippen LogP contribution is 2.25. The molecule has 0 unspecified atom stereocenters. The van der Waals surface area contributed by atoms with E-state index in [0.29, 0.717) is 21.1 Å². The summed E-state index contributed by atoms with van der Waals surface area (Å²) in [6.45, 7) is 1.87. The lowest BCUT2D eigenvalue weighted by Crippen LogP contribution is -1.98. The topological polar surface area (TPSA) is 37.8 Å². The van der Waals surface area contributed by atoms with Crippen LogP contribution in [0.4, 0.5) is 15.9 Å². The minimum Gasteiger partial charge on any atom is -0.338 e. The Morgan fingerprint density at radius 2 is 2.06 bits per heavy atom. The maximum atomic E-state index is 13.4. The summed E-state index contributed by atoms with van der Waals surface area (Å²) in [6, 6.07) is 6.38. The van der Waals surface area contributed by atoms with Crippen LogP contribution in [0, 0.1) is 12.7 Å². The Labute approximate surface area is 111 Å². The molecule has 1 N–H and O–H groups in total. The summed E-state index contributed by atoms with van der Waals surface area (Å²) in [6.07, 6.45) is 0. The first kappa shape index (κ1) is 12.3. The van der Waals surface area contributed by atoms with Crippen molar-refractivity contribution in [3.8, 4) is 0 Å². The van der Waals surface area contributed by atoms with Crippen LogP contribution in [-0.2, 0) is 0 Å². The first-order valence-electron chi connectivity index (χ1n) is 4.78. The van der Waals surface area contributed by atoms with Crippen LogP contribution < -0.4 is 5.32 Å². The number of benzene rings is 1. The molecule has 2 aromatic rings. The second kappa shape index (κ2) is 4.98. The molecule has 17 heavy (non-hydrogen) atoms. The highest BCUT2D eigenvalue weighted by molar-refractivity contribution is 9.10. The average molecular weight is 317 g/mol. The summed E-state index contributed by atoms with van der Waals surface area (Å²) in [4.78, 5) is 0. The summed E-state index contributed by atoms with van der Waals surface area (Å²) < 4.78 is 13.8. The fraction of sp³-hybridized carbons (Fsp3) is 0.0909. The minimum absolute atomic E-state index is 0.314. The van der Waals surface area contributed by atoms with E-state index < -0.39 is 0 Å². The molecule has 0 aliphatic heterocycles. The van der Waals surface area contributed by atoms with Gasteiger partial charge in [0, 0.05) is 5.69 Å². The van der Waals surface area contributed by atoms with Gasteiger partial charge in [-0.1, -0.05) is 11.6 Å². The lowest BCUT2D eigenvalue weighted by atomic mass is 10.2. The van der Waals surface area contributed by atoms with E-state index in [1.54, 1.807) is 18.2 Å². The maximum Gasteiger partial charge on any atom is 0.153 e. The second-order valence-electron chi connectivity index (χ2n) is 3.45. The van der Waals surface area contributed by atoms with Crippen LogP contribution in [0.5, 0.6) is 0 Å². The van der Waals surface area contributed by atoms with Crippen molar-refractivity contribution < 1.29 is 4.39 Å². The van der Waals surface area contributed by atoms with E-state index in [1.807, 2.05) is 6.92 Å². The van der Waals surface area contributed by atoms with Gasteiger partial charge in [-0.3, -0.25) is 0 Å². The van der Waals surface area contributed by atoms with Crippen LogP contribution in [0.15, 0.2) is 28.7 Å². The molecule has 6 heteroatoms. The zero-order valence-electron chi connectivity index (χ0n) is 8.84.